The monoisotopic (exact) mass is 231 g/mol. The second-order valence-electron chi connectivity index (χ2n) is 4.14. The van der Waals surface area contributed by atoms with Crippen LogP contribution in [-0.2, 0) is 14.3 Å². The Bertz CT molecular complexity index is 222. The first-order valence-electron chi connectivity index (χ1n) is 5.75. The minimum absolute atomic E-state index is 0.0253. The minimum atomic E-state index is -0.774. The fourth-order valence-electron chi connectivity index (χ4n) is 1.83. The minimum Gasteiger partial charge on any atom is -0.481 e. The summed E-state index contributed by atoms with van der Waals surface area (Å²) in [4.78, 5) is 13.0. The van der Waals surface area contributed by atoms with Gasteiger partial charge in [-0.2, -0.15) is 0 Å². The van der Waals surface area contributed by atoms with Gasteiger partial charge in [0.1, 0.15) is 0 Å². The Morgan fingerprint density at radius 3 is 2.88 bits per heavy atom. The molecule has 5 nitrogen and oxygen atoms in total. The summed E-state index contributed by atoms with van der Waals surface area (Å²) in [7, 11) is 1.92. The van der Waals surface area contributed by atoms with E-state index in [0.717, 1.165) is 19.6 Å². The lowest BCUT2D eigenvalue weighted by atomic mass is 10.0. The van der Waals surface area contributed by atoms with Crippen LogP contribution in [0.4, 0.5) is 0 Å². The summed E-state index contributed by atoms with van der Waals surface area (Å²) in [6.07, 6.45) is 1.01. The normalized spacial score (nSPS) is 25.2. The molecule has 0 saturated carbocycles. The van der Waals surface area contributed by atoms with E-state index in [1.54, 1.807) is 0 Å². The van der Waals surface area contributed by atoms with Crippen LogP contribution < -0.4 is 0 Å². The molecule has 0 aromatic rings. The van der Waals surface area contributed by atoms with Gasteiger partial charge in [0.15, 0.2) is 0 Å². The smallest absolute Gasteiger partial charge is 0.310 e. The van der Waals surface area contributed by atoms with Crippen molar-refractivity contribution in [3.05, 3.63) is 0 Å². The van der Waals surface area contributed by atoms with E-state index in [9.17, 15) is 4.79 Å². The molecular weight excluding hydrogens is 210 g/mol. The molecule has 0 radical (unpaired) electrons. The van der Waals surface area contributed by atoms with Gasteiger partial charge in [0.25, 0.3) is 0 Å². The van der Waals surface area contributed by atoms with Gasteiger partial charge in [0, 0.05) is 19.2 Å². The summed E-state index contributed by atoms with van der Waals surface area (Å²) in [5.74, 6) is -1.18. The molecule has 1 aliphatic heterocycles. The number of hydrogen-bond donors (Lipinski definition) is 1. The van der Waals surface area contributed by atoms with Crippen molar-refractivity contribution in [1.29, 1.82) is 0 Å². The maximum Gasteiger partial charge on any atom is 0.310 e. The van der Waals surface area contributed by atoms with Gasteiger partial charge in [0.05, 0.1) is 25.7 Å². The van der Waals surface area contributed by atoms with Crippen molar-refractivity contribution in [3.8, 4) is 0 Å². The Balaban J connectivity index is 2.29. The van der Waals surface area contributed by atoms with Gasteiger partial charge in [0.2, 0.25) is 0 Å². The number of rotatable bonds is 7. The predicted molar refractivity (Wildman–Crippen MR) is 59.5 cm³/mol. The van der Waals surface area contributed by atoms with Crippen LogP contribution in [0.3, 0.4) is 0 Å². The molecule has 0 bridgehead atoms. The number of aliphatic carboxylic acids is 1. The standard InChI is InChI=1S/C11H21NO4/c1-3-5-15-6-4-12(2)10-8-16-7-9(10)11(13)14/h9-10H,3-8H2,1-2H3,(H,13,14). The van der Waals surface area contributed by atoms with Gasteiger partial charge in [-0.3, -0.25) is 9.69 Å². The number of carboxylic acids is 1. The topological polar surface area (TPSA) is 59.0 Å². The molecule has 1 fully saturated rings. The summed E-state index contributed by atoms with van der Waals surface area (Å²) in [6, 6.07) is -0.0253. The van der Waals surface area contributed by atoms with Gasteiger partial charge >= 0.3 is 5.97 Å². The average Bonchev–Trinajstić information content (AvgIpc) is 2.73. The highest BCUT2D eigenvalue weighted by Gasteiger charge is 2.36. The van der Waals surface area contributed by atoms with Crippen molar-refractivity contribution >= 4 is 5.97 Å². The number of ether oxygens (including phenoxy) is 2. The number of carbonyl (C=O) groups is 1. The second-order valence-corrected chi connectivity index (χ2v) is 4.14. The molecule has 2 atom stereocenters. The fourth-order valence-corrected chi connectivity index (χ4v) is 1.83. The van der Waals surface area contributed by atoms with Crippen LogP contribution in [0.2, 0.25) is 0 Å². The van der Waals surface area contributed by atoms with Crippen molar-refractivity contribution in [2.45, 2.75) is 19.4 Å². The molecule has 1 rings (SSSR count). The van der Waals surface area contributed by atoms with E-state index in [4.69, 9.17) is 14.6 Å². The van der Waals surface area contributed by atoms with Crippen molar-refractivity contribution in [3.63, 3.8) is 0 Å². The van der Waals surface area contributed by atoms with Crippen molar-refractivity contribution < 1.29 is 19.4 Å². The van der Waals surface area contributed by atoms with Crippen molar-refractivity contribution in [1.82, 2.24) is 4.90 Å². The first-order chi connectivity index (χ1) is 7.66. The third kappa shape index (κ3) is 3.73. The molecule has 1 aliphatic rings. The molecule has 1 heterocycles. The summed E-state index contributed by atoms with van der Waals surface area (Å²) in [5, 5.41) is 9.00. The molecular formula is C11H21NO4. The molecule has 0 aromatic heterocycles. The van der Waals surface area contributed by atoms with E-state index in [1.807, 2.05) is 11.9 Å². The zero-order valence-corrected chi connectivity index (χ0v) is 10.0. The molecule has 0 spiro atoms. The van der Waals surface area contributed by atoms with Gasteiger partial charge < -0.3 is 14.6 Å². The van der Waals surface area contributed by atoms with Crippen LogP contribution in [0, 0.1) is 5.92 Å². The molecule has 0 aliphatic carbocycles. The Morgan fingerprint density at radius 1 is 1.50 bits per heavy atom. The van der Waals surface area contributed by atoms with E-state index in [0.29, 0.717) is 19.8 Å². The van der Waals surface area contributed by atoms with E-state index in [-0.39, 0.29) is 6.04 Å². The summed E-state index contributed by atoms with van der Waals surface area (Å²) in [5.41, 5.74) is 0. The van der Waals surface area contributed by atoms with Crippen LogP contribution in [0.1, 0.15) is 13.3 Å². The Morgan fingerprint density at radius 2 is 2.25 bits per heavy atom. The SMILES string of the molecule is CCCOCCN(C)C1COCC1C(=O)O. The number of likely N-dealkylation sites (N-methyl/N-ethyl adjacent to an activating group) is 1. The summed E-state index contributed by atoms with van der Waals surface area (Å²) < 4.78 is 10.6. The maximum atomic E-state index is 11.0. The van der Waals surface area contributed by atoms with Crippen molar-refractivity contribution in [2.24, 2.45) is 5.92 Å². The quantitative estimate of drug-likeness (QED) is 0.644. The van der Waals surface area contributed by atoms with E-state index < -0.39 is 11.9 Å². The summed E-state index contributed by atoms with van der Waals surface area (Å²) in [6.45, 7) is 5.04. The predicted octanol–water partition coefficient (Wildman–Crippen LogP) is 0.444. The third-order valence-corrected chi connectivity index (χ3v) is 2.87. The lowest BCUT2D eigenvalue weighted by molar-refractivity contribution is -0.143. The van der Waals surface area contributed by atoms with Gasteiger partial charge in [-0.15, -0.1) is 0 Å². The third-order valence-electron chi connectivity index (χ3n) is 2.87. The molecule has 1 saturated heterocycles. The van der Waals surface area contributed by atoms with Crippen LogP contribution in [-0.4, -0.2) is 62.0 Å². The van der Waals surface area contributed by atoms with Gasteiger partial charge in [-0.1, -0.05) is 6.92 Å². The molecule has 2 unspecified atom stereocenters. The van der Waals surface area contributed by atoms with E-state index in [1.165, 1.54) is 0 Å². The van der Waals surface area contributed by atoms with E-state index >= 15 is 0 Å². The Kier molecular flexibility index (Phi) is 5.73. The first-order valence-corrected chi connectivity index (χ1v) is 5.75. The first kappa shape index (κ1) is 13.4. The average molecular weight is 231 g/mol. The second kappa shape index (κ2) is 6.83. The molecule has 1 N–H and O–H groups in total. The summed E-state index contributed by atoms with van der Waals surface area (Å²) >= 11 is 0. The van der Waals surface area contributed by atoms with Crippen molar-refractivity contribution in [2.75, 3.05) is 40.0 Å². The lowest BCUT2D eigenvalue weighted by Gasteiger charge is -2.25. The van der Waals surface area contributed by atoms with Gasteiger partial charge in [-0.25, -0.2) is 0 Å². The van der Waals surface area contributed by atoms with Crippen LogP contribution in [0.5, 0.6) is 0 Å². The fraction of sp³-hybridized carbons (Fsp3) is 0.909. The largest absolute Gasteiger partial charge is 0.481 e. The zero-order valence-electron chi connectivity index (χ0n) is 10.0. The highest BCUT2D eigenvalue weighted by Crippen LogP contribution is 2.18. The van der Waals surface area contributed by atoms with E-state index in [2.05, 4.69) is 6.92 Å². The molecule has 5 heteroatoms. The zero-order chi connectivity index (χ0) is 12.0. The lowest BCUT2D eigenvalue weighted by Crippen LogP contribution is -2.42. The molecule has 16 heavy (non-hydrogen) atoms. The van der Waals surface area contributed by atoms with Crippen LogP contribution in [0.15, 0.2) is 0 Å². The maximum absolute atomic E-state index is 11.0. The molecule has 94 valence electrons. The highest BCUT2D eigenvalue weighted by molar-refractivity contribution is 5.71. The number of hydrogen-bond acceptors (Lipinski definition) is 4. The Hall–Kier alpha value is -0.650. The molecule has 0 aromatic carbocycles. The van der Waals surface area contributed by atoms with Gasteiger partial charge in [-0.05, 0) is 13.5 Å². The van der Waals surface area contributed by atoms with Crippen LogP contribution in [0.25, 0.3) is 0 Å². The number of carboxylic acid groups (broad SMARTS) is 1. The Labute approximate surface area is 96.3 Å². The highest BCUT2D eigenvalue weighted by atomic mass is 16.5. The molecule has 0 amide bonds. The number of nitrogens with zero attached hydrogens (tertiary/aromatic N) is 1. The van der Waals surface area contributed by atoms with Crippen LogP contribution >= 0.6 is 0 Å².